The Kier molecular flexibility index (Phi) is 28.8. The second-order valence-corrected chi connectivity index (χ2v) is 14.9. The minimum atomic E-state index is -3.44. The first-order chi connectivity index (χ1) is 23.4. The van der Waals surface area contributed by atoms with Gasteiger partial charge in [-0.3, -0.25) is 4.18 Å². The molecule has 0 saturated carbocycles. The van der Waals surface area contributed by atoms with Crippen molar-refractivity contribution in [3.8, 4) is 0 Å². The summed E-state index contributed by atoms with van der Waals surface area (Å²) < 4.78 is 40.5. The molecule has 1 aliphatic rings. The third kappa shape index (κ3) is 28.1. The molecule has 6 heteroatoms. The molecule has 0 aliphatic carbocycles. The lowest BCUT2D eigenvalue weighted by atomic mass is 9.99. The zero-order valence-corrected chi connectivity index (χ0v) is 31.9. The van der Waals surface area contributed by atoms with Gasteiger partial charge in [-0.25, -0.2) is 0 Å². The van der Waals surface area contributed by atoms with E-state index in [4.69, 9.17) is 13.7 Å². The molecule has 0 spiro atoms. The van der Waals surface area contributed by atoms with E-state index in [1.165, 1.54) is 64.2 Å². The number of rotatable bonds is 32. The smallest absolute Gasteiger partial charge is 0.264 e. The fourth-order valence-corrected chi connectivity index (χ4v) is 6.12. The molecule has 1 saturated heterocycles. The van der Waals surface area contributed by atoms with Crippen LogP contribution in [0.4, 0.5) is 0 Å². The van der Waals surface area contributed by atoms with Gasteiger partial charge in [0.2, 0.25) is 0 Å². The molecule has 0 amide bonds. The summed E-state index contributed by atoms with van der Waals surface area (Å²) in [6.45, 7) is 5.13. The average Bonchev–Trinajstić information content (AvgIpc) is 3.46. The van der Waals surface area contributed by atoms with Gasteiger partial charge in [0.15, 0.2) is 5.79 Å². The topological polar surface area (TPSA) is 61.8 Å². The molecule has 0 bridgehead atoms. The number of allylic oxidation sites excluding steroid dienone is 12. The molecule has 1 unspecified atom stereocenters. The van der Waals surface area contributed by atoms with Crippen LogP contribution in [0.2, 0.25) is 0 Å². The fourth-order valence-electron chi connectivity index (χ4n) is 5.72. The summed E-state index contributed by atoms with van der Waals surface area (Å²) in [4.78, 5) is 0. The number of ether oxygens (including phenoxy) is 2. The Morgan fingerprint density at radius 3 is 1.38 bits per heavy atom. The molecule has 0 radical (unpaired) electrons. The molecule has 0 aromatic heterocycles. The highest BCUT2D eigenvalue weighted by molar-refractivity contribution is 7.85. The van der Waals surface area contributed by atoms with E-state index in [1.807, 2.05) is 0 Å². The van der Waals surface area contributed by atoms with Crippen LogP contribution < -0.4 is 0 Å². The van der Waals surface area contributed by atoms with Crippen molar-refractivity contribution in [3.63, 3.8) is 0 Å². The van der Waals surface area contributed by atoms with Gasteiger partial charge in [-0.15, -0.1) is 0 Å². The zero-order valence-electron chi connectivity index (χ0n) is 31.1. The molecule has 1 fully saturated rings. The maximum absolute atomic E-state index is 11.4. The minimum Gasteiger partial charge on any atom is -0.347 e. The molecule has 0 aromatic carbocycles. The van der Waals surface area contributed by atoms with E-state index in [-0.39, 0.29) is 12.7 Å². The molecule has 276 valence electrons. The summed E-state index contributed by atoms with van der Waals surface area (Å²) in [6, 6.07) is 0. The highest BCUT2D eigenvalue weighted by atomic mass is 32.2. The second kappa shape index (κ2) is 31.3. The molecular weight excluding hydrogens is 617 g/mol. The first-order valence-corrected chi connectivity index (χ1v) is 21.3. The summed E-state index contributed by atoms with van der Waals surface area (Å²) in [5.41, 5.74) is 0. The van der Waals surface area contributed by atoms with Crippen LogP contribution in [0.1, 0.15) is 162 Å². The lowest BCUT2D eigenvalue weighted by Crippen LogP contribution is -2.31. The Morgan fingerprint density at radius 2 is 0.979 bits per heavy atom. The van der Waals surface area contributed by atoms with Crippen molar-refractivity contribution in [2.75, 3.05) is 19.5 Å². The minimum absolute atomic E-state index is 0.119. The summed E-state index contributed by atoms with van der Waals surface area (Å²) in [6.07, 6.45) is 53.9. The van der Waals surface area contributed by atoms with Crippen LogP contribution in [0.15, 0.2) is 72.9 Å². The van der Waals surface area contributed by atoms with Gasteiger partial charge < -0.3 is 9.47 Å². The van der Waals surface area contributed by atoms with Gasteiger partial charge in [0.1, 0.15) is 0 Å². The zero-order chi connectivity index (χ0) is 34.9. The first-order valence-electron chi connectivity index (χ1n) is 19.5. The van der Waals surface area contributed by atoms with Crippen LogP contribution >= 0.6 is 0 Å². The van der Waals surface area contributed by atoms with Crippen molar-refractivity contribution >= 4 is 10.1 Å². The van der Waals surface area contributed by atoms with Crippen LogP contribution in [-0.4, -0.2) is 39.8 Å². The number of unbranched alkanes of at least 4 members (excludes halogenated alkanes) is 12. The molecule has 1 heterocycles. The highest BCUT2D eigenvalue weighted by Gasteiger charge is 2.40. The van der Waals surface area contributed by atoms with Crippen LogP contribution in [0.25, 0.3) is 0 Å². The van der Waals surface area contributed by atoms with E-state index in [0.717, 1.165) is 83.3 Å². The van der Waals surface area contributed by atoms with Crippen LogP contribution in [0, 0.1) is 0 Å². The quantitative estimate of drug-likeness (QED) is 0.0400. The Labute approximate surface area is 297 Å². The largest absolute Gasteiger partial charge is 0.347 e. The van der Waals surface area contributed by atoms with E-state index < -0.39 is 15.9 Å². The Balaban J connectivity index is 2.30. The van der Waals surface area contributed by atoms with Crippen molar-refractivity contribution in [2.24, 2.45) is 0 Å². The molecule has 0 N–H and O–H groups in total. The van der Waals surface area contributed by atoms with Crippen molar-refractivity contribution in [3.05, 3.63) is 72.9 Å². The van der Waals surface area contributed by atoms with Crippen LogP contribution in [-0.2, 0) is 23.8 Å². The molecule has 48 heavy (non-hydrogen) atoms. The van der Waals surface area contributed by atoms with E-state index in [1.54, 1.807) is 0 Å². The summed E-state index contributed by atoms with van der Waals surface area (Å²) in [5, 5.41) is 0. The molecule has 5 nitrogen and oxygen atoms in total. The molecule has 0 aromatic rings. The van der Waals surface area contributed by atoms with Gasteiger partial charge in [-0.2, -0.15) is 8.42 Å². The lowest BCUT2D eigenvalue weighted by Gasteiger charge is -2.28. The van der Waals surface area contributed by atoms with E-state index >= 15 is 0 Å². The van der Waals surface area contributed by atoms with E-state index in [2.05, 4.69) is 86.8 Å². The van der Waals surface area contributed by atoms with Gasteiger partial charge in [-0.05, 0) is 89.9 Å². The first kappa shape index (κ1) is 44.3. The lowest BCUT2D eigenvalue weighted by molar-refractivity contribution is -0.180. The SMILES string of the molecule is CCCCC/C=C\C/C=C\C/C=C\CCCCCC1(CCCCC/C=C\C/C=C\C/C=C\CCCCC)OCC(CCOS(C)(=O)=O)O1. The molecular formula is C42H72O5S. The Hall–Kier alpha value is -1.73. The van der Waals surface area contributed by atoms with Gasteiger partial charge in [0.05, 0.1) is 25.6 Å². The van der Waals surface area contributed by atoms with E-state index in [9.17, 15) is 8.42 Å². The third-order valence-corrected chi connectivity index (χ3v) is 9.14. The van der Waals surface area contributed by atoms with Crippen molar-refractivity contribution in [1.29, 1.82) is 0 Å². The van der Waals surface area contributed by atoms with Crippen molar-refractivity contribution in [1.82, 2.24) is 0 Å². The molecule has 1 rings (SSSR count). The predicted octanol–water partition coefficient (Wildman–Crippen LogP) is 12.4. The predicted molar refractivity (Wildman–Crippen MR) is 207 cm³/mol. The Morgan fingerprint density at radius 1 is 0.583 bits per heavy atom. The molecule has 1 atom stereocenters. The Bertz CT molecular complexity index is 967. The number of hydrogen-bond acceptors (Lipinski definition) is 5. The normalized spacial score (nSPS) is 17.3. The maximum Gasteiger partial charge on any atom is 0.264 e. The van der Waals surface area contributed by atoms with Gasteiger partial charge in [0, 0.05) is 19.3 Å². The third-order valence-electron chi connectivity index (χ3n) is 8.55. The average molecular weight is 689 g/mol. The molecule has 1 aliphatic heterocycles. The van der Waals surface area contributed by atoms with Gasteiger partial charge >= 0.3 is 0 Å². The summed E-state index contributed by atoms with van der Waals surface area (Å²) in [7, 11) is -3.44. The van der Waals surface area contributed by atoms with Crippen LogP contribution in [0.5, 0.6) is 0 Å². The highest BCUT2D eigenvalue weighted by Crippen LogP contribution is 2.35. The number of hydrogen-bond donors (Lipinski definition) is 0. The monoisotopic (exact) mass is 689 g/mol. The maximum atomic E-state index is 11.4. The van der Waals surface area contributed by atoms with E-state index in [0.29, 0.717) is 13.0 Å². The van der Waals surface area contributed by atoms with Crippen LogP contribution in [0.3, 0.4) is 0 Å². The van der Waals surface area contributed by atoms with Gasteiger partial charge in [0.25, 0.3) is 10.1 Å². The fraction of sp³-hybridized carbons (Fsp3) is 0.714. The summed E-state index contributed by atoms with van der Waals surface area (Å²) >= 11 is 0. The standard InChI is InChI=1S/C42H72O5S/c1-4-6-8-10-12-14-16-18-20-22-24-26-28-30-32-34-37-42(45-40-41(47-42)36-39-46-48(3,43)44)38-35-33-31-29-27-25-23-21-19-17-15-13-11-9-7-5-2/h12-15,18-21,24-27,41H,4-11,16-17,22-23,28-40H2,1-3H3/b14-12-,15-13-,20-18-,21-19-,26-24-,27-25-. The van der Waals surface area contributed by atoms with Crippen molar-refractivity contribution in [2.45, 2.75) is 173 Å². The van der Waals surface area contributed by atoms with Crippen molar-refractivity contribution < 1.29 is 22.1 Å². The van der Waals surface area contributed by atoms with Gasteiger partial charge in [-0.1, -0.05) is 125 Å². The summed E-state index contributed by atoms with van der Waals surface area (Å²) in [5.74, 6) is -0.550. The second-order valence-electron chi connectivity index (χ2n) is 13.2.